The fraction of sp³-hybridized carbons (Fsp3) is 0.400. The Morgan fingerprint density at radius 3 is 2.56 bits per heavy atom. The van der Waals surface area contributed by atoms with E-state index in [1.54, 1.807) is 0 Å². The first-order valence-corrected chi connectivity index (χ1v) is 4.86. The quantitative estimate of drug-likeness (QED) is 0.899. The van der Waals surface area contributed by atoms with Crippen LogP contribution in [0, 0.1) is 0 Å². The minimum absolute atomic E-state index is 0.112. The molecule has 0 radical (unpaired) electrons. The van der Waals surface area contributed by atoms with Crippen LogP contribution < -0.4 is 5.73 Å². The van der Waals surface area contributed by atoms with E-state index >= 15 is 0 Å². The monoisotopic (exact) mass is 253 g/mol. The third-order valence-electron chi connectivity index (χ3n) is 2.08. The number of hydrogen-bond donors (Lipinski definition) is 1. The van der Waals surface area contributed by atoms with Crippen LogP contribution in [0.15, 0.2) is 18.2 Å². The summed E-state index contributed by atoms with van der Waals surface area (Å²) in [5.41, 5.74) is 5.00. The van der Waals surface area contributed by atoms with Crippen molar-refractivity contribution < 1.29 is 17.9 Å². The highest BCUT2D eigenvalue weighted by atomic mass is 35.5. The molecule has 1 aromatic rings. The lowest BCUT2D eigenvalue weighted by Crippen LogP contribution is -2.18. The third kappa shape index (κ3) is 2.87. The fourth-order valence-corrected chi connectivity index (χ4v) is 1.70. The first-order valence-electron chi connectivity index (χ1n) is 4.48. The second-order valence-corrected chi connectivity index (χ2v) is 3.65. The molecule has 0 bridgehead atoms. The molecular weight excluding hydrogens is 243 g/mol. The van der Waals surface area contributed by atoms with E-state index in [-0.39, 0.29) is 17.2 Å². The standard InChI is InChI=1S/C10H11ClF3NO/c1-16-5-8(15)6-3-2-4-7(9(6)11)10(12,13)14/h2-4,8H,5,15H2,1H3/t8-/m1/s1. The van der Waals surface area contributed by atoms with E-state index in [9.17, 15) is 13.2 Å². The molecule has 0 saturated heterocycles. The molecule has 0 aromatic heterocycles. The Labute approximate surface area is 96.1 Å². The molecule has 0 saturated carbocycles. The molecule has 1 aromatic carbocycles. The largest absolute Gasteiger partial charge is 0.417 e. The first kappa shape index (κ1) is 13.3. The normalized spacial score (nSPS) is 13.9. The second-order valence-electron chi connectivity index (χ2n) is 3.27. The van der Waals surface area contributed by atoms with Gasteiger partial charge >= 0.3 is 6.18 Å². The summed E-state index contributed by atoms with van der Waals surface area (Å²) in [6, 6.07) is 2.99. The van der Waals surface area contributed by atoms with Crippen molar-refractivity contribution in [1.82, 2.24) is 0 Å². The van der Waals surface area contributed by atoms with Gasteiger partial charge in [-0.3, -0.25) is 0 Å². The highest BCUT2D eigenvalue weighted by Gasteiger charge is 2.34. The molecule has 0 aliphatic rings. The Balaban J connectivity index is 3.14. The van der Waals surface area contributed by atoms with Gasteiger partial charge in [-0.05, 0) is 11.6 Å². The summed E-state index contributed by atoms with van der Waals surface area (Å²) >= 11 is 5.67. The van der Waals surface area contributed by atoms with Gasteiger partial charge in [0.2, 0.25) is 0 Å². The van der Waals surface area contributed by atoms with Crippen molar-refractivity contribution in [3.05, 3.63) is 34.3 Å². The van der Waals surface area contributed by atoms with Gasteiger partial charge in [0.05, 0.1) is 23.2 Å². The van der Waals surface area contributed by atoms with Crippen molar-refractivity contribution in [1.29, 1.82) is 0 Å². The van der Waals surface area contributed by atoms with Crippen molar-refractivity contribution in [2.45, 2.75) is 12.2 Å². The summed E-state index contributed by atoms with van der Waals surface area (Å²) in [5, 5.41) is -0.362. The number of ether oxygens (including phenoxy) is 1. The Kier molecular flexibility index (Phi) is 4.18. The third-order valence-corrected chi connectivity index (χ3v) is 2.50. The maximum absolute atomic E-state index is 12.5. The smallest absolute Gasteiger partial charge is 0.383 e. The SMILES string of the molecule is COC[C@@H](N)c1cccc(C(F)(F)F)c1Cl. The van der Waals surface area contributed by atoms with E-state index in [1.165, 1.54) is 19.2 Å². The molecule has 0 aliphatic carbocycles. The van der Waals surface area contributed by atoms with Crippen LogP contribution in [0.1, 0.15) is 17.2 Å². The van der Waals surface area contributed by atoms with Crippen LogP contribution >= 0.6 is 11.6 Å². The molecule has 6 heteroatoms. The molecular formula is C10H11ClF3NO. The Morgan fingerprint density at radius 1 is 1.44 bits per heavy atom. The van der Waals surface area contributed by atoms with Gasteiger partial charge in [0.15, 0.2) is 0 Å². The van der Waals surface area contributed by atoms with Gasteiger partial charge in [0.25, 0.3) is 0 Å². The van der Waals surface area contributed by atoms with E-state index in [0.29, 0.717) is 0 Å². The molecule has 90 valence electrons. The summed E-state index contributed by atoms with van der Waals surface area (Å²) < 4.78 is 42.3. The van der Waals surface area contributed by atoms with Crippen molar-refractivity contribution >= 4 is 11.6 Å². The zero-order chi connectivity index (χ0) is 12.3. The van der Waals surface area contributed by atoms with E-state index in [1.807, 2.05) is 0 Å². The number of alkyl halides is 3. The molecule has 0 heterocycles. The van der Waals surface area contributed by atoms with E-state index < -0.39 is 17.8 Å². The molecule has 2 nitrogen and oxygen atoms in total. The number of rotatable bonds is 3. The lowest BCUT2D eigenvalue weighted by atomic mass is 10.0. The number of methoxy groups -OCH3 is 1. The molecule has 1 atom stereocenters. The fourth-order valence-electron chi connectivity index (χ4n) is 1.32. The summed E-state index contributed by atoms with van der Waals surface area (Å²) in [5.74, 6) is 0. The Hall–Kier alpha value is -0.780. The minimum Gasteiger partial charge on any atom is -0.383 e. The van der Waals surface area contributed by atoms with Crippen molar-refractivity contribution in [2.24, 2.45) is 5.73 Å². The number of halogens is 4. The van der Waals surface area contributed by atoms with Crippen LogP contribution in [0.25, 0.3) is 0 Å². The second kappa shape index (κ2) is 5.03. The van der Waals surface area contributed by atoms with Gasteiger partial charge in [-0.15, -0.1) is 0 Å². The maximum atomic E-state index is 12.5. The van der Waals surface area contributed by atoms with Gasteiger partial charge in [-0.1, -0.05) is 23.7 Å². The van der Waals surface area contributed by atoms with Crippen LogP contribution in [0.2, 0.25) is 5.02 Å². The summed E-state index contributed by atoms with van der Waals surface area (Å²) in [4.78, 5) is 0. The molecule has 0 amide bonds. The van der Waals surface area contributed by atoms with Gasteiger partial charge in [-0.25, -0.2) is 0 Å². The van der Waals surface area contributed by atoms with Crippen molar-refractivity contribution in [2.75, 3.05) is 13.7 Å². The molecule has 16 heavy (non-hydrogen) atoms. The summed E-state index contributed by atoms with van der Waals surface area (Å²) in [7, 11) is 1.42. The predicted molar refractivity (Wildman–Crippen MR) is 55.3 cm³/mol. The van der Waals surface area contributed by atoms with Crippen LogP contribution in [0.5, 0.6) is 0 Å². The van der Waals surface area contributed by atoms with Crippen LogP contribution in [-0.4, -0.2) is 13.7 Å². The average molecular weight is 254 g/mol. The lowest BCUT2D eigenvalue weighted by molar-refractivity contribution is -0.137. The molecule has 0 aliphatic heterocycles. The Morgan fingerprint density at radius 2 is 2.06 bits per heavy atom. The predicted octanol–water partition coefficient (Wildman–Crippen LogP) is 3.01. The molecule has 0 spiro atoms. The highest BCUT2D eigenvalue weighted by molar-refractivity contribution is 6.32. The molecule has 2 N–H and O–H groups in total. The van der Waals surface area contributed by atoms with Gasteiger partial charge in [-0.2, -0.15) is 13.2 Å². The zero-order valence-electron chi connectivity index (χ0n) is 8.51. The number of nitrogens with two attached hydrogens (primary N) is 1. The van der Waals surface area contributed by atoms with E-state index in [4.69, 9.17) is 22.1 Å². The highest BCUT2D eigenvalue weighted by Crippen LogP contribution is 2.37. The van der Waals surface area contributed by atoms with E-state index in [2.05, 4.69) is 0 Å². The maximum Gasteiger partial charge on any atom is 0.417 e. The van der Waals surface area contributed by atoms with Gasteiger partial charge in [0.1, 0.15) is 0 Å². The summed E-state index contributed by atoms with van der Waals surface area (Å²) in [6.07, 6.45) is -4.47. The average Bonchev–Trinajstić information content (AvgIpc) is 2.16. The van der Waals surface area contributed by atoms with Crippen LogP contribution in [0.3, 0.4) is 0 Å². The number of hydrogen-bond acceptors (Lipinski definition) is 2. The first-order chi connectivity index (χ1) is 7.38. The van der Waals surface area contributed by atoms with Crippen LogP contribution in [0.4, 0.5) is 13.2 Å². The Bertz CT molecular complexity index is 368. The summed E-state index contributed by atoms with van der Waals surface area (Å²) in [6.45, 7) is 0.112. The topological polar surface area (TPSA) is 35.2 Å². The minimum atomic E-state index is -4.47. The van der Waals surface area contributed by atoms with Crippen molar-refractivity contribution in [3.63, 3.8) is 0 Å². The van der Waals surface area contributed by atoms with Gasteiger partial charge in [0, 0.05) is 7.11 Å². The lowest BCUT2D eigenvalue weighted by Gasteiger charge is -2.16. The van der Waals surface area contributed by atoms with E-state index in [0.717, 1.165) is 6.07 Å². The molecule has 1 rings (SSSR count). The zero-order valence-corrected chi connectivity index (χ0v) is 9.27. The number of benzene rings is 1. The molecule has 0 unspecified atom stereocenters. The van der Waals surface area contributed by atoms with Gasteiger partial charge < -0.3 is 10.5 Å². The van der Waals surface area contributed by atoms with Crippen LogP contribution in [-0.2, 0) is 10.9 Å². The molecule has 0 fully saturated rings. The van der Waals surface area contributed by atoms with Crippen molar-refractivity contribution in [3.8, 4) is 0 Å².